The van der Waals surface area contributed by atoms with Crippen LogP contribution in [-0.4, -0.2) is 40.5 Å². The van der Waals surface area contributed by atoms with Gasteiger partial charge in [-0.15, -0.1) is 6.42 Å². The minimum Gasteiger partial charge on any atom is -0.444 e. The highest BCUT2D eigenvalue weighted by Gasteiger charge is 2.43. The molecule has 1 aliphatic rings. The standard InChI is InChI=1S/C32H41N3O4/c1-7-22(3)27(34-31(38)39-32(4,5)6)30(37)35(25-18-14-19-25)28(26-20-13-12-17-24(26)8-2)29(36)33-21-23-15-10-9-11-16-23/h2,9-13,15-17,20,22,25,27-28H,7,14,18-19,21H2,1,3-6H3,(H,33,36)(H,34,38). The van der Waals surface area contributed by atoms with Crippen LogP contribution in [0.5, 0.6) is 0 Å². The van der Waals surface area contributed by atoms with Crippen LogP contribution in [0.2, 0.25) is 0 Å². The molecule has 2 aromatic rings. The van der Waals surface area contributed by atoms with Crippen molar-refractivity contribution in [2.45, 2.75) is 90.6 Å². The van der Waals surface area contributed by atoms with E-state index in [4.69, 9.17) is 11.2 Å². The first-order chi connectivity index (χ1) is 18.6. The van der Waals surface area contributed by atoms with Gasteiger partial charge < -0.3 is 20.3 Å². The summed E-state index contributed by atoms with van der Waals surface area (Å²) in [7, 11) is 0. The van der Waals surface area contributed by atoms with E-state index in [1.165, 1.54) is 0 Å². The molecule has 3 amide bonds. The minimum absolute atomic E-state index is 0.150. The van der Waals surface area contributed by atoms with Crippen molar-refractivity contribution in [2.24, 2.45) is 5.92 Å². The molecule has 0 heterocycles. The maximum Gasteiger partial charge on any atom is 0.408 e. The van der Waals surface area contributed by atoms with E-state index in [1.54, 1.807) is 37.8 Å². The summed E-state index contributed by atoms with van der Waals surface area (Å²) in [4.78, 5) is 42.8. The molecule has 0 bridgehead atoms. The van der Waals surface area contributed by atoms with Crippen molar-refractivity contribution in [1.82, 2.24) is 15.5 Å². The summed E-state index contributed by atoms with van der Waals surface area (Å²) >= 11 is 0. The molecule has 208 valence electrons. The molecule has 7 heteroatoms. The number of carbonyl (C=O) groups is 3. The van der Waals surface area contributed by atoms with E-state index in [0.29, 0.717) is 24.1 Å². The second kappa shape index (κ2) is 13.3. The zero-order chi connectivity index (χ0) is 28.6. The van der Waals surface area contributed by atoms with Crippen molar-refractivity contribution in [3.05, 3.63) is 71.3 Å². The Labute approximate surface area is 232 Å². The molecule has 7 nitrogen and oxygen atoms in total. The van der Waals surface area contributed by atoms with Crippen molar-refractivity contribution in [3.8, 4) is 12.3 Å². The molecule has 3 unspecified atom stereocenters. The summed E-state index contributed by atoms with van der Waals surface area (Å²) in [5.74, 6) is 1.86. The number of carbonyl (C=O) groups excluding carboxylic acids is 3. The molecule has 39 heavy (non-hydrogen) atoms. The number of nitrogens with one attached hydrogen (secondary N) is 2. The fraction of sp³-hybridized carbons (Fsp3) is 0.469. The van der Waals surface area contributed by atoms with E-state index >= 15 is 0 Å². The maximum atomic E-state index is 14.4. The Morgan fingerprint density at radius 1 is 1.08 bits per heavy atom. The molecule has 0 saturated heterocycles. The van der Waals surface area contributed by atoms with Crippen molar-refractivity contribution < 1.29 is 19.1 Å². The van der Waals surface area contributed by atoms with Gasteiger partial charge >= 0.3 is 6.09 Å². The van der Waals surface area contributed by atoms with E-state index in [2.05, 4.69) is 16.6 Å². The average molecular weight is 532 g/mol. The van der Waals surface area contributed by atoms with Crippen molar-refractivity contribution >= 4 is 17.9 Å². The third kappa shape index (κ3) is 7.86. The van der Waals surface area contributed by atoms with E-state index in [1.807, 2.05) is 56.3 Å². The Balaban J connectivity index is 2.03. The molecule has 2 aromatic carbocycles. The van der Waals surface area contributed by atoms with Crippen LogP contribution in [0.25, 0.3) is 0 Å². The highest BCUT2D eigenvalue weighted by atomic mass is 16.6. The lowest BCUT2D eigenvalue weighted by molar-refractivity contribution is -0.148. The number of terminal acetylenes is 1. The van der Waals surface area contributed by atoms with Crippen LogP contribution >= 0.6 is 0 Å². The molecule has 0 aromatic heterocycles. The van der Waals surface area contributed by atoms with Gasteiger partial charge in [-0.2, -0.15) is 0 Å². The topological polar surface area (TPSA) is 87.7 Å². The van der Waals surface area contributed by atoms with Gasteiger partial charge in [-0.1, -0.05) is 74.7 Å². The van der Waals surface area contributed by atoms with E-state index in [0.717, 1.165) is 24.8 Å². The maximum absolute atomic E-state index is 14.4. The van der Waals surface area contributed by atoms with Crippen molar-refractivity contribution in [3.63, 3.8) is 0 Å². The predicted molar refractivity (Wildman–Crippen MR) is 153 cm³/mol. The van der Waals surface area contributed by atoms with Crippen LogP contribution in [0.4, 0.5) is 4.79 Å². The summed E-state index contributed by atoms with van der Waals surface area (Å²) in [6.45, 7) is 9.52. The quantitative estimate of drug-likeness (QED) is 0.405. The number of benzene rings is 2. The molecule has 0 spiro atoms. The number of rotatable bonds is 10. The molecule has 1 aliphatic carbocycles. The lowest BCUT2D eigenvalue weighted by Gasteiger charge is -2.44. The summed E-state index contributed by atoms with van der Waals surface area (Å²) in [5, 5.41) is 5.84. The first kappa shape index (κ1) is 29.8. The number of ether oxygens (including phenoxy) is 1. The van der Waals surface area contributed by atoms with Crippen LogP contribution in [-0.2, 0) is 20.9 Å². The van der Waals surface area contributed by atoms with Gasteiger partial charge in [-0.25, -0.2) is 4.79 Å². The normalized spacial score (nSPS) is 15.6. The lowest BCUT2D eigenvalue weighted by atomic mass is 9.86. The Bertz CT molecular complexity index is 1180. The Morgan fingerprint density at radius 3 is 2.28 bits per heavy atom. The largest absolute Gasteiger partial charge is 0.444 e. The minimum atomic E-state index is -0.953. The molecule has 0 aliphatic heterocycles. The number of nitrogens with zero attached hydrogens (tertiary/aromatic N) is 1. The summed E-state index contributed by atoms with van der Waals surface area (Å²) in [6, 6.07) is 14.9. The average Bonchev–Trinajstić information content (AvgIpc) is 2.88. The number of hydrogen-bond donors (Lipinski definition) is 2. The monoisotopic (exact) mass is 531 g/mol. The number of alkyl carbamates (subject to hydrolysis) is 1. The summed E-state index contributed by atoms with van der Waals surface area (Å²) in [6.07, 6.45) is 8.33. The molecule has 0 radical (unpaired) electrons. The van der Waals surface area contributed by atoms with Gasteiger partial charge in [0.05, 0.1) is 0 Å². The zero-order valence-corrected chi connectivity index (χ0v) is 23.7. The Morgan fingerprint density at radius 2 is 1.72 bits per heavy atom. The van der Waals surface area contributed by atoms with Gasteiger partial charge in [0.25, 0.3) is 0 Å². The third-order valence-corrected chi connectivity index (χ3v) is 7.12. The fourth-order valence-corrected chi connectivity index (χ4v) is 4.63. The van der Waals surface area contributed by atoms with E-state index < -0.39 is 23.8 Å². The van der Waals surface area contributed by atoms with Crippen LogP contribution in [0, 0.1) is 18.3 Å². The SMILES string of the molecule is C#Cc1ccccc1C(C(=O)NCc1ccccc1)N(C(=O)C(NC(=O)OC(C)(C)C)C(C)CC)C1CCC1. The molecular weight excluding hydrogens is 490 g/mol. The third-order valence-electron chi connectivity index (χ3n) is 7.12. The van der Waals surface area contributed by atoms with Crippen LogP contribution in [0.1, 0.15) is 83.0 Å². The molecule has 1 fully saturated rings. The number of hydrogen-bond acceptors (Lipinski definition) is 4. The summed E-state index contributed by atoms with van der Waals surface area (Å²) in [5.41, 5.74) is 1.37. The Hall–Kier alpha value is -3.79. The lowest BCUT2D eigenvalue weighted by Crippen LogP contribution is -2.59. The first-order valence-electron chi connectivity index (χ1n) is 13.7. The molecule has 3 rings (SSSR count). The second-order valence-corrected chi connectivity index (χ2v) is 11.2. The van der Waals surface area contributed by atoms with Gasteiger partial charge in [0.15, 0.2) is 0 Å². The van der Waals surface area contributed by atoms with E-state index in [-0.39, 0.29) is 23.8 Å². The molecule has 2 N–H and O–H groups in total. The van der Waals surface area contributed by atoms with Gasteiger partial charge in [-0.05, 0) is 63.1 Å². The van der Waals surface area contributed by atoms with Crippen LogP contribution in [0.15, 0.2) is 54.6 Å². The Kier molecular flexibility index (Phi) is 10.2. The van der Waals surface area contributed by atoms with Gasteiger partial charge in [-0.3, -0.25) is 9.59 Å². The highest BCUT2D eigenvalue weighted by molar-refractivity contribution is 5.93. The van der Waals surface area contributed by atoms with Crippen LogP contribution < -0.4 is 10.6 Å². The summed E-state index contributed by atoms with van der Waals surface area (Å²) < 4.78 is 5.48. The zero-order valence-electron chi connectivity index (χ0n) is 23.7. The van der Waals surface area contributed by atoms with Gasteiger partial charge in [0.2, 0.25) is 11.8 Å². The first-order valence-corrected chi connectivity index (χ1v) is 13.7. The predicted octanol–water partition coefficient (Wildman–Crippen LogP) is 5.35. The van der Waals surface area contributed by atoms with Crippen molar-refractivity contribution in [1.29, 1.82) is 0 Å². The van der Waals surface area contributed by atoms with Gasteiger partial charge in [0, 0.05) is 18.2 Å². The molecular formula is C32H41N3O4. The smallest absolute Gasteiger partial charge is 0.408 e. The molecule has 3 atom stereocenters. The van der Waals surface area contributed by atoms with E-state index in [9.17, 15) is 14.4 Å². The van der Waals surface area contributed by atoms with Gasteiger partial charge in [0.1, 0.15) is 17.7 Å². The second-order valence-electron chi connectivity index (χ2n) is 11.2. The number of amides is 3. The highest BCUT2D eigenvalue weighted by Crippen LogP contribution is 2.35. The fourth-order valence-electron chi connectivity index (χ4n) is 4.63. The van der Waals surface area contributed by atoms with Crippen molar-refractivity contribution in [2.75, 3.05) is 0 Å². The molecule has 1 saturated carbocycles. The van der Waals surface area contributed by atoms with Crippen LogP contribution in [0.3, 0.4) is 0 Å².